The molecule has 0 aliphatic carbocycles. The van der Waals surface area contributed by atoms with Gasteiger partial charge >= 0.3 is 0 Å². The van der Waals surface area contributed by atoms with Crippen LogP contribution in [0.2, 0.25) is 5.02 Å². The average Bonchev–Trinajstić information content (AvgIpc) is 2.83. The Hall–Kier alpha value is -2.07. The number of halogens is 1. The van der Waals surface area contributed by atoms with Gasteiger partial charge in [-0.05, 0) is 37.6 Å². The molecule has 0 aliphatic rings. The minimum Gasteiger partial charge on any atom is -0.469 e. The number of carbonyl (C=O) groups excluding carboxylic acids is 1. The Labute approximate surface area is 116 Å². The molecule has 0 saturated carbocycles. The van der Waals surface area contributed by atoms with Crippen LogP contribution in [0.15, 0.2) is 46.1 Å². The minimum absolute atomic E-state index is 0.292. The first-order chi connectivity index (χ1) is 9.08. The van der Waals surface area contributed by atoms with Gasteiger partial charge in [-0.15, -0.1) is 0 Å². The molecule has 1 heterocycles. The summed E-state index contributed by atoms with van der Waals surface area (Å²) in [6.07, 6.45) is 1.47. The number of rotatable bonds is 3. The van der Waals surface area contributed by atoms with Gasteiger partial charge < -0.3 is 4.42 Å². The molecule has 2 aromatic rings. The third-order valence-electron chi connectivity index (χ3n) is 2.69. The van der Waals surface area contributed by atoms with Gasteiger partial charge in [0.25, 0.3) is 5.91 Å². The SMILES string of the molecule is C/C(=N\NC(=O)c1ccoc1C)c1ccc(Cl)cc1. The molecule has 0 fully saturated rings. The normalized spacial score (nSPS) is 11.4. The summed E-state index contributed by atoms with van der Waals surface area (Å²) in [6.45, 7) is 3.54. The molecule has 1 amide bonds. The zero-order valence-electron chi connectivity index (χ0n) is 10.6. The monoisotopic (exact) mass is 276 g/mol. The second-order valence-electron chi connectivity index (χ2n) is 4.04. The van der Waals surface area contributed by atoms with Crippen LogP contribution < -0.4 is 5.43 Å². The summed E-state index contributed by atoms with van der Waals surface area (Å²) in [4.78, 5) is 11.8. The number of hydrogen-bond donors (Lipinski definition) is 1. The van der Waals surface area contributed by atoms with Gasteiger partial charge in [-0.3, -0.25) is 4.79 Å². The molecule has 1 aromatic heterocycles. The molecule has 4 nitrogen and oxygen atoms in total. The number of carbonyl (C=O) groups is 1. The minimum atomic E-state index is -0.292. The van der Waals surface area contributed by atoms with Gasteiger partial charge in [0, 0.05) is 5.02 Å². The summed E-state index contributed by atoms with van der Waals surface area (Å²) in [6, 6.07) is 8.85. The number of amides is 1. The van der Waals surface area contributed by atoms with Crippen LogP contribution in [0.4, 0.5) is 0 Å². The molecule has 0 unspecified atom stereocenters. The topological polar surface area (TPSA) is 54.6 Å². The first-order valence-corrected chi connectivity index (χ1v) is 6.10. The van der Waals surface area contributed by atoms with E-state index in [9.17, 15) is 4.79 Å². The van der Waals surface area contributed by atoms with Crippen molar-refractivity contribution in [1.29, 1.82) is 0 Å². The Kier molecular flexibility index (Phi) is 4.02. The van der Waals surface area contributed by atoms with Gasteiger partial charge in [0.05, 0.1) is 17.5 Å². The van der Waals surface area contributed by atoms with Gasteiger partial charge in [0.15, 0.2) is 0 Å². The summed E-state index contributed by atoms with van der Waals surface area (Å²) in [5, 5.41) is 4.72. The van der Waals surface area contributed by atoms with Crippen molar-refractivity contribution in [2.24, 2.45) is 5.10 Å². The van der Waals surface area contributed by atoms with Gasteiger partial charge in [-0.25, -0.2) is 5.43 Å². The molecule has 0 atom stereocenters. The van der Waals surface area contributed by atoms with E-state index in [-0.39, 0.29) is 5.91 Å². The van der Waals surface area contributed by atoms with Crippen LogP contribution in [-0.4, -0.2) is 11.6 Å². The van der Waals surface area contributed by atoms with E-state index in [1.165, 1.54) is 6.26 Å². The predicted octanol–water partition coefficient (Wildman–Crippen LogP) is 3.40. The van der Waals surface area contributed by atoms with Crippen LogP contribution >= 0.6 is 11.6 Å². The molecule has 19 heavy (non-hydrogen) atoms. The summed E-state index contributed by atoms with van der Waals surface area (Å²) in [7, 11) is 0. The van der Waals surface area contributed by atoms with Crippen molar-refractivity contribution in [3.05, 3.63) is 58.5 Å². The van der Waals surface area contributed by atoms with Crippen LogP contribution in [-0.2, 0) is 0 Å². The number of aryl methyl sites for hydroxylation is 1. The summed E-state index contributed by atoms with van der Waals surface area (Å²) in [5.74, 6) is 0.274. The molecule has 1 N–H and O–H groups in total. The summed E-state index contributed by atoms with van der Waals surface area (Å²) >= 11 is 5.81. The first kappa shape index (κ1) is 13.4. The van der Waals surface area contributed by atoms with E-state index < -0.39 is 0 Å². The third-order valence-corrected chi connectivity index (χ3v) is 2.94. The van der Waals surface area contributed by atoms with Gasteiger partial charge in [-0.1, -0.05) is 23.7 Å². The second-order valence-corrected chi connectivity index (χ2v) is 4.47. The highest BCUT2D eigenvalue weighted by Gasteiger charge is 2.10. The van der Waals surface area contributed by atoms with Gasteiger partial charge in [0.2, 0.25) is 0 Å². The lowest BCUT2D eigenvalue weighted by atomic mass is 10.1. The van der Waals surface area contributed by atoms with E-state index in [1.54, 1.807) is 25.1 Å². The molecule has 0 spiro atoms. The third kappa shape index (κ3) is 3.23. The fourth-order valence-electron chi connectivity index (χ4n) is 1.57. The van der Waals surface area contributed by atoms with Crippen molar-refractivity contribution in [1.82, 2.24) is 5.43 Å². The lowest BCUT2D eigenvalue weighted by Gasteiger charge is -2.02. The maximum atomic E-state index is 11.8. The lowest BCUT2D eigenvalue weighted by Crippen LogP contribution is -2.19. The van der Waals surface area contributed by atoms with E-state index in [0.29, 0.717) is 22.1 Å². The molecule has 2 rings (SSSR count). The van der Waals surface area contributed by atoms with Crippen LogP contribution in [0, 0.1) is 6.92 Å². The molecule has 5 heteroatoms. The average molecular weight is 277 g/mol. The van der Waals surface area contributed by atoms with Crippen LogP contribution in [0.5, 0.6) is 0 Å². The van der Waals surface area contributed by atoms with Crippen molar-refractivity contribution in [2.45, 2.75) is 13.8 Å². The maximum Gasteiger partial charge on any atom is 0.274 e. The number of furan rings is 1. The predicted molar refractivity (Wildman–Crippen MR) is 74.6 cm³/mol. The molecule has 1 aromatic carbocycles. The van der Waals surface area contributed by atoms with Crippen molar-refractivity contribution >= 4 is 23.2 Å². The lowest BCUT2D eigenvalue weighted by molar-refractivity contribution is 0.0953. The standard InChI is InChI=1S/C14H13ClN2O2/c1-9(11-3-5-12(15)6-4-11)16-17-14(18)13-7-8-19-10(13)2/h3-8H,1-2H3,(H,17,18)/b16-9+. The maximum absolute atomic E-state index is 11.8. The fourth-order valence-corrected chi connectivity index (χ4v) is 1.70. The highest BCUT2D eigenvalue weighted by atomic mass is 35.5. The van der Waals surface area contributed by atoms with Gasteiger partial charge in [0.1, 0.15) is 5.76 Å². The number of hydrogen-bond acceptors (Lipinski definition) is 3. The Morgan fingerprint density at radius 3 is 2.53 bits per heavy atom. The number of nitrogens with zero attached hydrogens (tertiary/aromatic N) is 1. The summed E-state index contributed by atoms with van der Waals surface area (Å²) in [5.41, 5.74) is 4.57. The molecule has 0 aliphatic heterocycles. The van der Waals surface area contributed by atoms with E-state index in [4.69, 9.17) is 16.0 Å². The Morgan fingerprint density at radius 1 is 1.26 bits per heavy atom. The van der Waals surface area contributed by atoms with E-state index >= 15 is 0 Å². The molecule has 98 valence electrons. The fraction of sp³-hybridized carbons (Fsp3) is 0.143. The smallest absolute Gasteiger partial charge is 0.274 e. The van der Waals surface area contributed by atoms with Crippen LogP contribution in [0.25, 0.3) is 0 Å². The van der Waals surface area contributed by atoms with Crippen molar-refractivity contribution < 1.29 is 9.21 Å². The number of hydrazone groups is 1. The number of benzene rings is 1. The van der Waals surface area contributed by atoms with E-state index in [1.807, 2.05) is 19.1 Å². The zero-order chi connectivity index (χ0) is 13.8. The number of nitrogens with one attached hydrogen (secondary N) is 1. The highest BCUT2D eigenvalue weighted by Crippen LogP contribution is 2.11. The van der Waals surface area contributed by atoms with Crippen LogP contribution in [0.3, 0.4) is 0 Å². The van der Waals surface area contributed by atoms with Crippen LogP contribution in [0.1, 0.15) is 28.6 Å². The Morgan fingerprint density at radius 2 is 1.95 bits per heavy atom. The Bertz CT molecular complexity index is 615. The highest BCUT2D eigenvalue weighted by molar-refractivity contribution is 6.30. The van der Waals surface area contributed by atoms with E-state index in [2.05, 4.69) is 10.5 Å². The molecule has 0 bridgehead atoms. The van der Waals surface area contributed by atoms with Crippen molar-refractivity contribution in [3.63, 3.8) is 0 Å². The molecular formula is C14H13ClN2O2. The van der Waals surface area contributed by atoms with Crippen molar-refractivity contribution in [3.8, 4) is 0 Å². The summed E-state index contributed by atoms with van der Waals surface area (Å²) < 4.78 is 5.07. The van der Waals surface area contributed by atoms with Gasteiger partial charge in [-0.2, -0.15) is 5.10 Å². The molecule has 0 saturated heterocycles. The second kappa shape index (κ2) is 5.71. The Balaban J connectivity index is 2.08. The largest absolute Gasteiger partial charge is 0.469 e. The first-order valence-electron chi connectivity index (χ1n) is 5.72. The quantitative estimate of drug-likeness (QED) is 0.690. The zero-order valence-corrected chi connectivity index (χ0v) is 11.4. The molecule has 0 radical (unpaired) electrons. The molecular weight excluding hydrogens is 264 g/mol. The van der Waals surface area contributed by atoms with E-state index in [0.717, 1.165) is 5.56 Å². The van der Waals surface area contributed by atoms with Crippen molar-refractivity contribution in [2.75, 3.05) is 0 Å².